The first kappa shape index (κ1) is 10.8. The molecule has 0 bridgehead atoms. The minimum absolute atomic E-state index is 0.447. The van der Waals surface area contributed by atoms with E-state index < -0.39 is 11.9 Å². The molecule has 15 heavy (non-hydrogen) atoms. The second kappa shape index (κ2) is 5.43. The van der Waals surface area contributed by atoms with Crippen LogP contribution in [-0.4, -0.2) is 11.9 Å². The smallest absolute Gasteiger partial charge is 0.330 e. The van der Waals surface area contributed by atoms with Gasteiger partial charge in [0.25, 0.3) is 5.91 Å². The van der Waals surface area contributed by atoms with E-state index in [0.717, 1.165) is 5.56 Å². The van der Waals surface area contributed by atoms with Crippen molar-refractivity contribution in [3.8, 4) is 0 Å². The van der Waals surface area contributed by atoms with Crippen molar-refractivity contribution in [2.45, 2.75) is 0 Å². The number of hydrogen-bond donors (Lipinski definition) is 3. The van der Waals surface area contributed by atoms with Gasteiger partial charge in [-0.2, -0.15) is 0 Å². The average Bonchev–Trinajstić information content (AvgIpc) is 2.25. The molecule has 1 rings (SSSR count). The van der Waals surface area contributed by atoms with E-state index in [9.17, 15) is 9.59 Å². The lowest BCUT2D eigenvalue weighted by atomic mass is 10.2. The molecule has 0 saturated heterocycles. The van der Waals surface area contributed by atoms with Crippen LogP contribution in [0.3, 0.4) is 0 Å². The number of benzene rings is 1. The summed E-state index contributed by atoms with van der Waals surface area (Å²) in [5.41, 5.74) is 9.73. The summed E-state index contributed by atoms with van der Waals surface area (Å²) in [7, 11) is 0. The molecular formula is C10H11N3O2. The minimum Gasteiger partial charge on any atom is -0.350 e. The number of amides is 3. The molecule has 3 amide bonds. The maximum Gasteiger partial charge on any atom is 0.330 e. The average molecular weight is 205 g/mol. The number of carbonyl (C=O) groups excluding carboxylic acids is 2. The molecule has 0 heterocycles. The van der Waals surface area contributed by atoms with Crippen LogP contribution in [0.1, 0.15) is 5.56 Å². The molecule has 78 valence electrons. The van der Waals surface area contributed by atoms with Crippen LogP contribution < -0.4 is 16.6 Å². The summed E-state index contributed by atoms with van der Waals surface area (Å²) in [4.78, 5) is 21.3. The zero-order chi connectivity index (χ0) is 11.1. The topological polar surface area (TPSA) is 84.2 Å². The van der Waals surface area contributed by atoms with E-state index in [1.165, 1.54) is 6.08 Å². The summed E-state index contributed by atoms with van der Waals surface area (Å²) in [6.45, 7) is 0. The van der Waals surface area contributed by atoms with E-state index in [0.29, 0.717) is 0 Å². The molecule has 1 aromatic rings. The highest BCUT2D eigenvalue weighted by atomic mass is 16.2. The van der Waals surface area contributed by atoms with Gasteiger partial charge in [0.1, 0.15) is 0 Å². The van der Waals surface area contributed by atoms with Gasteiger partial charge in [-0.05, 0) is 11.6 Å². The minimum atomic E-state index is -0.809. The molecule has 0 aliphatic heterocycles. The molecule has 4 N–H and O–H groups in total. The van der Waals surface area contributed by atoms with Gasteiger partial charge in [-0.3, -0.25) is 10.2 Å². The molecule has 1 aromatic carbocycles. The molecule has 0 aromatic heterocycles. The predicted octanol–water partition coefficient (Wildman–Crippen LogP) is 0.399. The van der Waals surface area contributed by atoms with Crippen LogP contribution in [-0.2, 0) is 4.79 Å². The van der Waals surface area contributed by atoms with Gasteiger partial charge in [0, 0.05) is 6.08 Å². The van der Waals surface area contributed by atoms with Crippen molar-refractivity contribution in [2.75, 3.05) is 0 Å². The third-order valence-electron chi connectivity index (χ3n) is 1.54. The van der Waals surface area contributed by atoms with E-state index in [1.807, 2.05) is 35.8 Å². The molecule has 0 atom stereocenters. The fourth-order valence-electron chi connectivity index (χ4n) is 0.901. The van der Waals surface area contributed by atoms with Crippen LogP contribution in [0.2, 0.25) is 0 Å². The normalized spacial score (nSPS) is 9.87. The Balaban J connectivity index is 2.44. The van der Waals surface area contributed by atoms with Crippen LogP contribution in [0, 0.1) is 0 Å². The predicted molar refractivity (Wildman–Crippen MR) is 56.3 cm³/mol. The van der Waals surface area contributed by atoms with E-state index >= 15 is 0 Å². The monoisotopic (exact) mass is 205 g/mol. The lowest BCUT2D eigenvalue weighted by molar-refractivity contribution is -0.117. The highest BCUT2D eigenvalue weighted by Crippen LogP contribution is 1.99. The molecule has 0 radical (unpaired) electrons. The third kappa shape index (κ3) is 4.47. The molecule has 0 aliphatic rings. The van der Waals surface area contributed by atoms with Crippen LogP contribution in [0.5, 0.6) is 0 Å². The Kier molecular flexibility index (Phi) is 3.91. The maximum atomic E-state index is 11.1. The summed E-state index contributed by atoms with van der Waals surface area (Å²) in [6, 6.07) is 8.50. The van der Waals surface area contributed by atoms with E-state index in [-0.39, 0.29) is 0 Å². The first-order valence-corrected chi connectivity index (χ1v) is 4.27. The number of carbonyl (C=O) groups is 2. The van der Waals surface area contributed by atoms with Crippen LogP contribution >= 0.6 is 0 Å². The van der Waals surface area contributed by atoms with Crippen molar-refractivity contribution < 1.29 is 9.59 Å². The largest absolute Gasteiger partial charge is 0.350 e. The second-order valence-electron chi connectivity index (χ2n) is 2.72. The summed E-state index contributed by atoms with van der Waals surface area (Å²) in [5, 5.41) is 0. The molecule has 0 unspecified atom stereocenters. The number of nitrogens with two attached hydrogens (primary N) is 1. The van der Waals surface area contributed by atoms with Gasteiger partial charge in [-0.25, -0.2) is 10.2 Å². The molecule has 5 nitrogen and oxygen atoms in total. The van der Waals surface area contributed by atoms with Crippen molar-refractivity contribution in [3.63, 3.8) is 0 Å². The summed E-state index contributed by atoms with van der Waals surface area (Å²) < 4.78 is 0. The lowest BCUT2D eigenvalue weighted by Gasteiger charge is -1.99. The van der Waals surface area contributed by atoms with E-state index in [1.54, 1.807) is 6.08 Å². The lowest BCUT2D eigenvalue weighted by Crippen LogP contribution is -2.43. The Morgan fingerprint density at radius 2 is 1.80 bits per heavy atom. The van der Waals surface area contributed by atoms with Crippen LogP contribution in [0.25, 0.3) is 6.08 Å². The van der Waals surface area contributed by atoms with Gasteiger partial charge in [-0.1, -0.05) is 30.3 Å². The quantitative estimate of drug-likeness (QED) is 0.482. The number of urea groups is 1. The Bertz CT molecular complexity index is 374. The fourth-order valence-corrected chi connectivity index (χ4v) is 0.901. The number of hydrogen-bond acceptors (Lipinski definition) is 2. The van der Waals surface area contributed by atoms with Crippen LogP contribution in [0.15, 0.2) is 36.4 Å². The van der Waals surface area contributed by atoms with Crippen molar-refractivity contribution in [3.05, 3.63) is 42.0 Å². The zero-order valence-electron chi connectivity index (χ0n) is 7.94. The number of rotatable bonds is 2. The van der Waals surface area contributed by atoms with Crippen LogP contribution in [0.4, 0.5) is 4.79 Å². The Morgan fingerprint density at radius 3 is 2.40 bits per heavy atom. The number of nitrogens with one attached hydrogen (secondary N) is 2. The summed E-state index contributed by atoms with van der Waals surface area (Å²) in [6.07, 6.45) is 2.92. The first-order chi connectivity index (χ1) is 7.18. The van der Waals surface area contributed by atoms with Crippen molar-refractivity contribution in [1.82, 2.24) is 10.9 Å². The van der Waals surface area contributed by atoms with Crippen molar-refractivity contribution >= 4 is 18.0 Å². The van der Waals surface area contributed by atoms with Gasteiger partial charge in [-0.15, -0.1) is 0 Å². The maximum absolute atomic E-state index is 11.1. The molecule has 5 heteroatoms. The fraction of sp³-hybridized carbons (Fsp3) is 0. The Labute approximate surface area is 86.9 Å². The SMILES string of the molecule is NC(=O)NNC(=O)/C=C/c1ccccc1. The van der Waals surface area contributed by atoms with Crippen molar-refractivity contribution in [2.24, 2.45) is 5.73 Å². The van der Waals surface area contributed by atoms with Gasteiger partial charge < -0.3 is 5.73 Å². The molecule has 0 aliphatic carbocycles. The van der Waals surface area contributed by atoms with E-state index in [4.69, 9.17) is 5.73 Å². The van der Waals surface area contributed by atoms with Gasteiger partial charge >= 0.3 is 6.03 Å². The number of hydrazine groups is 1. The zero-order valence-corrected chi connectivity index (χ0v) is 7.94. The first-order valence-electron chi connectivity index (χ1n) is 4.27. The van der Waals surface area contributed by atoms with Gasteiger partial charge in [0.05, 0.1) is 0 Å². The third-order valence-corrected chi connectivity index (χ3v) is 1.54. The number of primary amides is 1. The molecular weight excluding hydrogens is 194 g/mol. The highest BCUT2D eigenvalue weighted by Gasteiger charge is 1.95. The van der Waals surface area contributed by atoms with E-state index in [2.05, 4.69) is 5.43 Å². The molecule has 0 spiro atoms. The second-order valence-corrected chi connectivity index (χ2v) is 2.72. The summed E-state index contributed by atoms with van der Waals surface area (Å²) in [5.74, 6) is -0.447. The van der Waals surface area contributed by atoms with Gasteiger partial charge in [0.2, 0.25) is 0 Å². The summed E-state index contributed by atoms with van der Waals surface area (Å²) >= 11 is 0. The Hall–Kier alpha value is -2.30. The van der Waals surface area contributed by atoms with Gasteiger partial charge in [0.15, 0.2) is 0 Å². The van der Waals surface area contributed by atoms with Crippen molar-refractivity contribution in [1.29, 1.82) is 0 Å². The molecule has 0 fully saturated rings. The standard InChI is InChI=1S/C10H11N3O2/c11-10(15)13-12-9(14)7-6-8-4-2-1-3-5-8/h1-7H,(H,12,14)(H3,11,13,15)/b7-6+. The highest BCUT2D eigenvalue weighted by molar-refractivity contribution is 5.92. The Morgan fingerprint density at radius 1 is 1.13 bits per heavy atom. The molecule has 0 saturated carbocycles.